The number of hydrogen-bond acceptors (Lipinski definition) is 7. The molecule has 2 unspecified atom stereocenters. The summed E-state index contributed by atoms with van der Waals surface area (Å²) >= 11 is 6.37. The van der Waals surface area contributed by atoms with Gasteiger partial charge in [-0.3, -0.25) is 4.79 Å². The number of esters is 1. The molecular formula is C25H36ClN5O3. The summed E-state index contributed by atoms with van der Waals surface area (Å²) in [6.45, 7) is 9.01. The first kappa shape index (κ1) is 27.6. The fraction of sp³-hybridized carbons (Fsp3) is 0.560. The maximum absolute atomic E-state index is 12.1. The molecule has 0 aromatic carbocycles. The van der Waals surface area contributed by atoms with Gasteiger partial charge < -0.3 is 25.1 Å². The van der Waals surface area contributed by atoms with Crippen molar-refractivity contribution in [1.29, 1.82) is 0 Å². The molecule has 2 rings (SSSR count). The topological polar surface area (TPSA) is 104 Å². The second-order valence-electron chi connectivity index (χ2n) is 8.25. The molecule has 8 nitrogen and oxygen atoms in total. The lowest BCUT2D eigenvalue weighted by atomic mass is 10.2. The van der Waals surface area contributed by atoms with Crippen LogP contribution in [0.15, 0.2) is 18.3 Å². The molecule has 186 valence electrons. The number of methoxy groups -OCH3 is 1. The zero-order valence-electron chi connectivity index (χ0n) is 20.7. The highest BCUT2D eigenvalue weighted by atomic mass is 35.5. The van der Waals surface area contributed by atoms with E-state index < -0.39 is 0 Å². The van der Waals surface area contributed by atoms with Crippen LogP contribution < -0.4 is 11.1 Å². The fourth-order valence-electron chi connectivity index (χ4n) is 3.34. The van der Waals surface area contributed by atoms with Gasteiger partial charge in [0.2, 0.25) is 5.95 Å². The minimum Gasteiger partial charge on any atom is -0.462 e. The van der Waals surface area contributed by atoms with Crippen molar-refractivity contribution in [3.8, 4) is 11.8 Å². The first-order valence-electron chi connectivity index (χ1n) is 11.7. The lowest BCUT2D eigenvalue weighted by Crippen LogP contribution is -2.37. The first-order chi connectivity index (χ1) is 16.3. The SMILES string of the molecule is CCCC(C)OC(=O)[C@H](C)NCCCC#Cc1cn(C/C=C/C(C)OC)c2nc(N)nc(Cl)c12. The number of hydrogen-bond donors (Lipinski definition) is 2. The van der Waals surface area contributed by atoms with Crippen LogP contribution in [0, 0.1) is 11.8 Å². The minimum absolute atomic E-state index is 0.0160. The summed E-state index contributed by atoms with van der Waals surface area (Å²) in [6.07, 6.45) is 9.15. The van der Waals surface area contributed by atoms with Crippen LogP contribution in [0.2, 0.25) is 5.15 Å². The number of fused-ring (bicyclic) bond motifs is 1. The molecule has 0 aliphatic heterocycles. The Bertz CT molecular complexity index is 1040. The number of allylic oxidation sites excluding steroid dienone is 1. The molecule has 3 N–H and O–H groups in total. The van der Waals surface area contributed by atoms with Gasteiger partial charge in [-0.1, -0.05) is 48.9 Å². The highest BCUT2D eigenvalue weighted by Gasteiger charge is 2.16. The van der Waals surface area contributed by atoms with E-state index in [1.165, 1.54) is 0 Å². The highest BCUT2D eigenvalue weighted by molar-refractivity contribution is 6.34. The number of carbonyl (C=O) groups excluding carboxylic acids is 1. The molecule has 0 bridgehead atoms. The molecule has 2 heterocycles. The molecule has 0 amide bonds. The molecule has 0 spiro atoms. The van der Waals surface area contributed by atoms with Crippen molar-refractivity contribution >= 4 is 34.6 Å². The quantitative estimate of drug-likeness (QED) is 0.152. The molecule has 0 saturated carbocycles. The van der Waals surface area contributed by atoms with E-state index in [1.807, 2.05) is 43.7 Å². The van der Waals surface area contributed by atoms with Gasteiger partial charge >= 0.3 is 5.97 Å². The number of unbranched alkanes of at least 4 members (excludes halogenated alkanes) is 1. The van der Waals surface area contributed by atoms with Crippen molar-refractivity contribution in [3.05, 3.63) is 29.1 Å². The van der Waals surface area contributed by atoms with Gasteiger partial charge in [-0.15, -0.1) is 0 Å². The molecule has 0 radical (unpaired) electrons. The summed E-state index contributed by atoms with van der Waals surface area (Å²) in [5.41, 5.74) is 7.20. The number of nitrogens with one attached hydrogen (secondary N) is 1. The number of nitrogen functional groups attached to an aromatic ring is 1. The maximum Gasteiger partial charge on any atom is 0.323 e. The van der Waals surface area contributed by atoms with Gasteiger partial charge in [-0.2, -0.15) is 4.98 Å². The molecule has 0 aliphatic rings. The Labute approximate surface area is 207 Å². The molecule has 0 fully saturated rings. The van der Waals surface area contributed by atoms with Gasteiger partial charge in [0.1, 0.15) is 16.8 Å². The van der Waals surface area contributed by atoms with E-state index in [9.17, 15) is 4.79 Å². The molecule has 2 aromatic heterocycles. The third-order valence-corrected chi connectivity index (χ3v) is 5.56. The van der Waals surface area contributed by atoms with E-state index in [2.05, 4.69) is 34.0 Å². The smallest absolute Gasteiger partial charge is 0.323 e. The van der Waals surface area contributed by atoms with Crippen molar-refractivity contribution in [3.63, 3.8) is 0 Å². The zero-order chi connectivity index (χ0) is 25.1. The molecule has 9 heteroatoms. The van der Waals surface area contributed by atoms with Crippen LogP contribution in [0.4, 0.5) is 5.95 Å². The number of anilines is 1. The number of rotatable bonds is 12. The van der Waals surface area contributed by atoms with E-state index in [4.69, 9.17) is 26.8 Å². The number of aromatic nitrogens is 3. The average Bonchev–Trinajstić information content (AvgIpc) is 3.13. The number of ether oxygens (including phenoxy) is 2. The van der Waals surface area contributed by atoms with E-state index in [-0.39, 0.29) is 35.3 Å². The number of nitrogens with two attached hydrogens (primary N) is 1. The lowest BCUT2D eigenvalue weighted by molar-refractivity contribution is -0.150. The molecule has 34 heavy (non-hydrogen) atoms. The third kappa shape index (κ3) is 8.32. The van der Waals surface area contributed by atoms with Crippen molar-refractivity contribution in [2.24, 2.45) is 0 Å². The maximum atomic E-state index is 12.1. The number of halogens is 1. The van der Waals surface area contributed by atoms with Crippen LogP contribution >= 0.6 is 11.6 Å². The Morgan fingerprint density at radius 1 is 1.35 bits per heavy atom. The minimum atomic E-state index is -0.347. The van der Waals surface area contributed by atoms with Gasteiger partial charge in [0.15, 0.2) is 0 Å². The third-order valence-electron chi connectivity index (χ3n) is 5.29. The highest BCUT2D eigenvalue weighted by Crippen LogP contribution is 2.26. The zero-order valence-corrected chi connectivity index (χ0v) is 21.5. The van der Waals surface area contributed by atoms with E-state index in [0.717, 1.165) is 24.8 Å². The molecule has 0 aliphatic carbocycles. The Morgan fingerprint density at radius 3 is 2.82 bits per heavy atom. The fourth-order valence-corrected chi connectivity index (χ4v) is 3.61. The summed E-state index contributed by atoms with van der Waals surface area (Å²) in [5.74, 6) is 6.27. The number of carbonyl (C=O) groups is 1. The standard InChI is InChI=1S/C25H36ClN5O3/c1-6-11-18(3)34-24(32)19(4)28-14-9-7-8-13-20-16-31(15-10-12-17(2)33-5)23-21(20)22(26)29-25(27)30-23/h10,12,16-19,28H,6-7,9,11,14-15H2,1-5H3,(H2,27,29,30)/b12-10+/t17?,18?,19-/m0/s1. The lowest BCUT2D eigenvalue weighted by Gasteiger charge is -2.17. The van der Waals surface area contributed by atoms with Crippen LogP contribution in [0.25, 0.3) is 11.0 Å². The van der Waals surface area contributed by atoms with Gasteiger partial charge in [0.05, 0.1) is 23.2 Å². The van der Waals surface area contributed by atoms with Crippen molar-refractivity contribution in [2.45, 2.75) is 78.2 Å². The summed E-state index contributed by atoms with van der Waals surface area (Å²) in [7, 11) is 1.66. The van der Waals surface area contributed by atoms with Crippen LogP contribution in [0.3, 0.4) is 0 Å². The normalized spacial score (nSPS) is 14.1. The second-order valence-corrected chi connectivity index (χ2v) is 8.61. The van der Waals surface area contributed by atoms with E-state index >= 15 is 0 Å². The molecule has 2 aromatic rings. The van der Waals surface area contributed by atoms with E-state index in [1.54, 1.807) is 7.11 Å². The largest absolute Gasteiger partial charge is 0.462 e. The monoisotopic (exact) mass is 489 g/mol. The van der Waals surface area contributed by atoms with Crippen LogP contribution in [-0.2, 0) is 20.8 Å². The number of nitrogens with zero attached hydrogens (tertiary/aromatic N) is 3. The molecule has 0 saturated heterocycles. The predicted octanol–water partition coefficient (Wildman–Crippen LogP) is 4.10. The summed E-state index contributed by atoms with van der Waals surface area (Å²) in [4.78, 5) is 20.5. The average molecular weight is 490 g/mol. The summed E-state index contributed by atoms with van der Waals surface area (Å²) < 4.78 is 12.6. The van der Waals surface area contributed by atoms with Gasteiger partial charge in [-0.25, -0.2) is 4.98 Å². The molecular weight excluding hydrogens is 454 g/mol. The summed E-state index contributed by atoms with van der Waals surface area (Å²) in [5, 5.41) is 4.17. The summed E-state index contributed by atoms with van der Waals surface area (Å²) in [6, 6.07) is -0.347. The Hall–Kier alpha value is -2.60. The first-order valence-corrected chi connectivity index (χ1v) is 12.1. The second kappa shape index (κ2) is 14.0. The van der Waals surface area contributed by atoms with Crippen LogP contribution in [-0.4, -0.2) is 52.4 Å². The Kier molecular flexibility index (Phi) is 11.3. The Balaban J connectivity index is 1.98. The predicted molar refractivity (Wildman–Crippen MR) is 137 cm³/mol. The van der Waals surface area contributed by atoms with E-state index in [0.29, 0.717) is 30.5 Å². The van der Waals surface area contributed by atoms with Crippen molar-refractivity contribution in [2.75, 3.05) is 19.4 Å². The van der Waals surface area contributed by atoms with Crippen LogP contribution in [0.1, 0.15) is 58.9 Å². The van der Waals surface area contributed by atoms with Crippen molar-refractivity contribution < 1.29 is 14.3 Å². The van der Waals surface area contributed by atoms with Gasteiger partial charge in [0, 0.05) is 26.3 Å². The van der Waals surface area contributed by atoms with Crippen LogP contribution in [0.5, 0.6) is 0 Å². The van der Waals surface area contributed by atoms with Crippen molar-refractivity contribution in [1.82, 2.24) is 19.9 Å². The van der Waals surface area contributed by atoms with Gasteiger partial charge in [-0.05, 0) is 40.2 Å². The molecule has 3 atom stereocenters. The van der Waals surface area contributed by atoms with Gasteiger partial charge in [0.25, 0.3) is 0 Å². The Morgan fingerprint density at radius 2 is 2.12 bits per heavy atom.